The topological polar surface area (TPSA) is 52.1 Å². The second-order valence-corrected chi connectivity index (χ2v) is 9.16. The average molecular weight is 417 g/mol. The number of carbonyl (C=O) groups is 1. The zero-order chi connectivity index (χ0) is 19.5. The minimum absolute atomic E-state index is 0.0469. The third kappa shape index (κ3) is 4.20. The normalized spacial score (nSPS) is 16.2. The van der Waals surface area contributed by atoms with E-state index in [1.807, 2.05) is 12.3 Å². The van der Waals surface area contributed by atoms with Crippen LogP contribution in [0.2, 0.25) is 0 Å². The average Bonchev–Trinajstić information content (AvgIpc) is 3.14. The summed E-state index contributed by atoms with van der Waals surface area (Å²) in [5.74, 6) is -0.463. The molecule has 0 aliphatic heterocycles. The molecule has 0 bridgehead atoms. The Labute approximate surface area is 171 Å². The van der Waals surface area contributed by atoms with Gasteiger partial charge in [-0.1, -0.05) is 30.3 Å². The maximum Gasteiger partial charge on any atom is 0.319 e. The molecule has 0 unspecified atom stereocenters. The molecule has 0 N–H and O–H groups in total. The Bertz CT molecular complexity index is 968. The number of carbonyl (C=O) groups excluding carboxylic acids is 1. The number of rotatable bonds is 5. The summed E-state index contributed by atoms with van der Waals surface area (Å²) in [7, 11) is 0. The number of hydrogen-bond acceptors (Lipinski definition) is 6. The van der Waals surface area contributed by atoms with Crippen molar-refractivity contribution in [3.8, 4) is 11.1 Å². The Hall–Kier alpha value is -1.99. The summed E-state index contributed by atoms with van der Waals surface area (Å²) in [6, 6.07) is 6.39. The van der Waals surface area contributed by atoms with Crippen LogP contribution in [0.5, 0.6) is 0 Å². The Morgan fingerprint density at radius 3 is 2.71 bits per heavy atom. The van der Waals surface area contributed by atoms with Crippen molar-refractivity contribution in [1.82, 2.24) is 9.97 Å². The first-order chi connectivity index (χ1) is 13.6. The maximum atomic E-state index is 13.3. The van der Waals surface area contributed by atoms with Gasteiger partial charge in [0.2, 0.25) is 0 Å². The Morgan fingerprint density at radius 2 is 1.96 bits per heavy atom. The van der Waals surface area contributed by atoms with Crippen molar-refractivity contribution in [2.24, 2.45) is 0 Å². The lowest BCUT2D eigenvalue weighted by Gasteiger charge is -2.23. The highest BCUT2D eigenvalue weighted by atomic mass is 32.2. The highest BCUT2D eigenvalue weighted by Gasteiger charge is 2.24. The van der Waals surface area contributed by atoms with E-state index in [-0.39, 0.29) is 23.1 Å². The van der Waals surface area contributed by atoms with E-state index in [0.29, 0.717) is 0 Å². The molecule has 4 nitrogen and oxygen atoms in total. The van der Waals surface area contributed by atoms with Crippen LogP contribution in [0.25, 0.3) is 21.3 Å². The monoisotopic (exact) mass is 416 g/mol. The van der Waals surface area contributed by atoms with Crippen molar-refractivity contribution in [1.29, 1.82) is 0 Å². The van der Waals surface area contributed by atoms with E-state index in [1.165, 1.54) is 48.0 Å². The van der Waals surface area contributed by atoms with Gasteiger partial charge in [-0.25, -0.2) is 14.4 Å². The number of thioether (sulfide) groups is 1. The molecule has 0 spiro atoms. The lowest BCUT2D eigenvalue weighted by atomic mass is 9.98. The molecule has 1 atom stereocenters. The van der Waals surface area contributed by atoms with Gasteiger partial charge in [-0.05, 0) is 50.3 Å². The van der Waals surface area contributed by atoms with E-state index in [9.17, 15) is 9.18 Å². The number of esters is 1. The molecular weight excluding hydrogens is 395 g/mol. The molecule has 1 aliphatic rings. The second kappa shape index (κ2) is 8.57. The van der Waals surface area contributed by atoms with Crippen molar-refractivity contribution in [2.45, 2.75) is 55.4 Å². The van der Waals surface area contributed by atoms with Gasteiger partial charge in [0, 0.05) is 10.9 Å². The number of ether oxygens (including phenoxy) is 1. The fourth-order valence-electron chi connectivity index (χ4n) is 3.44. The molecular formula is C21H21FN2O2S2. The first-order valence-corrected chi connectivity index (χ1v) is 11.2. The molecule has 1 saturated carbocycles. The predicted molar refractivity (Wildman–Crippen MR) is 111 cm³/mol. The quantitative estimate of drug-likeness (QED) is 0.296. The van der Waals surface area contributed by atoms with Crippen LogP contribution < -0.4 is 0 Å². The van der Waals surface area contributed by atoms with Crippen LogP contribution >= 0.6 is 23.1 Å². The molecule has 2 heterocycles. The van der Waals surface area contributed by atoms with Crippen LogP contribution in [0.4, 0.5) is 4.39 Å². The van der Waals surface area contributed by atoms with Gasteiger partial charge in [-0.3, -0.25) is 4.79 Å². The Kier molecular flexibility index (Phi) is 5.92. The number of hydrogen-bond donors (Lipinski definition) is 0. The minimum Gasteiger partial charge on any atom is -0.462 e. The maximum absolute atomic E-state index is 13.3. The van der Waals surface area contributed by atoms with E-state index in [4.69, 9.17) is 4.74 Å². The van der Waals surface area contributed by atoms with E-state index in [2.05, 4.69) is 9.97 Å². The number of thiophene rings is 1. The summed E-state index contributed by atoms with van der Waals surface area (Å²) in [6.07, 6.45) is 6.96. The predicted octanol–water partition coefficient (Wildman–Crippen LogP) is 5.85. The first-order valence-electron chi connectivity index (χ1n) is 9.47. The summed E-state index contributed by atoms with van der Waals surface area (Å²) in [5, 5.41) is 3.29. The van der Waals surface area contributed by atoms with Crippen LogP contribution in [0.15, 0.2) is 41.0 Å². The van der Waals surface area contributed by atoms with Crippen molar-refractivity contribution < 1.29 is 13.9 Å². The Morgan fingerprint density at radius 1 is 1.21 bits per heavy atom. The van der Waals surface area contributed by atoms with E-state index < -0.39 is 0 Å². The van der Waals surface area contributed by atoms with Gasteiger partial charge < -0.3 is 4.74 Å². The molecule has 0 saturated heterocycles. The molecule has 3 aromatic rings. The molecule has 1 aliphatic carbocycles. The van der Waals surface area contributed by atoms with Gasteiger partial charge >= 0.3 is 5.97 Å². The molecule has 0 radical (unpaired) electrons. The first kappa shape index (κ1) is 19.3. The summed E-state index contributed by atoms with van der Waals surface area (Å²) in [5.41, 5.74) is 1.86. The second-order valence-electron chi connectivity index (χ2n) is 6.97. The molecule has 4 rings (SSSR count). The van der Waals surface area contributed by atoms with Gasteiger partial charge in [-0.2, -0.15) is 0 Å². The largest absolute Gasteiger partial charge is 0.462 e. The number of fused-ring (bicyclic) bond motifs is 1. The minimum atomic E-state index is -0.360. The van der Waals surface area contributed by atoms with Gasteiger partial charge in [0.15, 0.2) is 0 Å². The molecule has 1 fully saturated rings. The summed E-state index contributed by atoms with van der Waals surface area (Å²) in [4.78, 5) is 22.2. The van der Waals surface area contributed by atoms with E-state index >= 15 is 0 Å². The van der Waals surface area contributed by atoms with Gasteiger partial charge in [-0.15, -0.1) is 11.3 Å². The zero-order valence-electron chi connectivity index (χ0n) is 15.6. The zero-order valence-corrected chi connectivity index (χ0v) is 17.2. The van der Waals surface area contributed by atoms with Crippen molar-refractivity contribution in [3.63, 3.8) is 0 Å². The fraction of sp³-hybridized carbons (Fsp3) is 0.381. The summed E-state index contributed by atoms with van der Waals surface area (Å²) < 4.78 is 19.0. The third-order valence-corrected chi connectivity index (χ3v) is 6.91. The van der Waals surface area contributed by atoms with Crippen LogP contribution in [0, 0.1) is 5.82 Å². The van der Waals surface area contributed by atoms with Gasteiger partial charge in [0.25, 0.3) is 0 Å². The van der Waals surface area contributed by atoms with Gasteiger partial charge in [0.1, 0.15) is 33.4 Å². The highest BCUT2D eigenvalue weighted by molar-refractivity contribution is 8.00. The van der Waals surface area contributed by atoms with Crippen molar-refractivity contribution >= 4 is 39.3 Å². The van der Waals surface area contributed by atoms with E-state index in [0.717, 1.165) is 52.1 Å². The molecule has 146 valence electrons. The van der Waals surface area contributed by atoms with Crippen molar-refractivity contribution in [2.75, 3.05) is 0 Å². The summed E-state index contributed by atoms with van der Waals surface area (Å²) in [6.45, 7) is 1.85. The van der Waals surface area contributed by atoms with Gasteiger partial charge in [0.05, 0.1) is 5.39 Å². The molecule has 7 heteroatoms. The van der Waals surface area contributed by atoms with Crippen molar-refractivity contribution in [3.05, 3.63) is 41.8 Å². The third-order valence-electron chi connectivity index (χ3n) is 4.95. The number of benzene rings is 1. The lowest BCUT2D eigenvalue weighted by Crippen LogP contribution is -2.26. The fourth-order valence-corrected chi connectivity index (χ4v) is 5.34. The van der Waals surface area contributed by atoms with Crippen LogP contribution in [0.3, 0.4) is 0 Å². The molecule has 0 amide bonds. The number of nitrogens with zero attached hydrogens (tertiary/aromatic N) is 2. The number of aromatic nitrogens is 2. The summed E-state index contributed by atoms with van der Waals surface area (Å²) >= 11 is 2.91. The lowest BCUT2D eigenvalue weighted by molar-refractivity contribution is -0.149. The Balaban J connectivity index is 1.57. The number of halogens is 1. The van der Waals surface area contributed by atoms with Crippen LogP contribution in [-0.2, 0) is 9.53 Å². The standard InChI is InChI=1S/C21H21FN2O2S2/c1-13(21(25)26-16-5-3-2-4-6-16)28-20-18-17(11-27-19(18)23-12-24-20)14-7-9-15(22)10-8-14/h7-13,16H,2-6H2,1H3/t13-/m1/s1. The smallest absolute Gasteiger partial charge is 0.319 e. The molecule has 1 aromatic carbocycles. The van der Waals surface area contributed by atoms with E-state index in [1.54, 1.807) is 12.1 Å². The molecule has 2 aromatic heterocycles. The van der Waals surface area contributed by atoms with Crippen LogP contribution in [0.1, 0.15) is 39.0 Å². The molecule has 28 heavy (non-hydrogen) atoms. The SMILES string of the molecule is C[C@@H](Sc1ncnc2scc(-c3ccc(F)cc3)c12)C(=O)OC1CCCCC1. The van der Waals surface area contributed by atoms with Crippen LogP contribution in [-0.4, -0.2) is 27.3 Å². The highest BCUT2D eigenvalue weighted by Crippen LogP contribution is 2.39.